The molecule has 0 radical (unpaired) electrons. The Morgan fingerprint density at radius 1 is 0.938 bits per heavy atom. The van der Waals surface area contributed by atoms with Gasteiger partial charge in [-0.1, -0.05) is 48.5 Å². The summed E-state index contributed by atoms with van der Waals surface area (Å²) in [6.45, 7) is 1.37. The lowest BCUT2D eigenvalue weighted by Gasteiger charge is -2.41. The van der Waals surface area contributed by atoms with Gasteiger partial charge in [0, 0.05) is 33.2 Å². The molecule has 3 amide bonds. The number of likely N-dealkylation sites (tertiary alicyclic amines) is 1. The standard InChI is InChI=1S/C24H26F3N3O2/c1-28-22(32)30(14-11-18-7-3-2-4-8-18)21(31)23(28)12-15-29(16-13-23)17-19-9-5-6-10-20(19)24(25,26)27/h2-10H,11-17H2,1H3. The third kappa shape index (κ3) is 4.11. The van der Waals surface area contributed by atoms with Crippen molar-refractivity contribution in [2.45, 2.75) is 37.5 Å². The Hall–Kier alpha value is -2.87. The zero-order valence-electron chi connectivity index (χ0n) is 17.9. The van der Waals surface area contributed by atoms with E-state index in [9.17, 15) is 22.8 Å². The molecule has 2 aromatic carbocycles. The third-order valence-electron chi connectivity index (χ3n) is 6.67. The second-order valence-electron chi connectivity index (χ2n) is 8.50. The molecule has 0 aromatic heterocycles. The minimum absolute atomic E-state index is 0.162. The van der Waals surface area contributed by atoms with Gasteiger partial charge in [-0.15, -0.1) is 0 Å². The Balaban J connectivity index is 1.42. The van der Waals surface area contributed by atoms with Crippen molar-refractivity contribution < 1.29 is 22.8 Å². The fraction of sp³-hybridized carbons (Fsp3) is 0.417. The van der Waals surface area contributed by atoms with Gasteiger partial charge in [-0.3, -0.25) is 14.6 Å². The van der Waals surface area contributed by atoms with E-state index in [1.807, 2.05) is 35.2 Å². The lowest BCUT2D eigenvalue weighted by atomic mass is 9.86. The van der Waals surface area contributed by atoms with Crippen molar-refractivity contribution in [2.75, 3.05) is 26.7 Å². The Bertz CT molecular complexity index is 985. The Morgan fingerprint density at radius 3 is 2.22 bits per heavy atom. The minimum Gasteiger partial charge on any atom is -0.312 e. The molecule has 2 fully saturated rings. The van der Waals surface area contributed by atoms with Gasteiger partial charge in [0.1, 0.15) is 5.54 Å². The summed E-state index contributed by atoms with van der Waals surface area (Å²) in [4.78, 5) is 30.9. The first-order valence-corrected chi connectivity index (χ1v) is 10.7. The summed E-state index contributed by atoms with van der Waals surface area (Å²) in [5.41, 5.74) is -0.262. The molecule has 2 aliphatic heterocycles. The summed E-state index contributed by atoms with van der Waals surface area (Å²) in [7, 11) is 1.65. The van der Waals surface area contributed by atoms with E-state index in [0.29, 0.717) is 38.9 Å². The van der Waals surface area contributed by atoms with Crippen LogP contribution < -0.4 is 0 Å². The molecule has 5 nitrogen and oxygen atoms in total. The quantitative estimate of drug-likeness (QED) is 0.649. The van der Waals surface area contributed by atoms with Crippen LogP contribution in [-0.2, 0) is 23.9 Å². The fourth-order valence-corrected chi connectivity index (χ4v) is 4.73. The van der Waals surface area contributed by atoms with Crippen molar-refractivity contribution in [3.05, 3.63) is 71.3 Å². The molecule has 2 aliphatic rings. The lowest BCUT2D eigenvalue weighted by Crippen LogP contribution is -2.55. The van der Waals surface area contributed by atoms with Crippen LogP contribution in [0.25, 0.3) is 0 Å². The number of amides is 3. The molecule has 2 heterocycles. The monoisotopic (exact) mass is 445 g/mol. The van der Waals surface area contributed by atoms with E-state index in [0.717, 1.165) is 11.6 Å². The molecule has 0 unspecified atom stereocenters. The first kappa shape index (κ1) is 22.3. The topological polar surface area (TPSA) is 43.9 Å². The molecule has 0 N–H and O–H groups in total. The average molecular weight is 445 g/mol. The minimum atomic E-state index is -4.40. The molecular formula is C24H26F3N3O2. The van der Waals surface area contributed by atoms with Gasteiger partial charge in [-0.05, 0) is 36.5 Å². The van der Waals surface area contributed by atoms with Crippen molar-refractivity contribution >= 4 is 11.9 Å². The smallest absolute Gasteiger partial charge is 0.312 e. The van der Waals surface area contributed by atoms with Crippen LogP contribution in [0.15, 0.2) is 54.6 Å². The third-order valence-corrected chi connectivity index (χ3v) is 6.67. The van der Waals surface area contributed by atoms with E-state index in [-0.39, 0.29) is 24.0 Å². The zero-order chi connectivity index (χ0) is 22.9. The molecular weight excluding hydrogens is 419 g/mol. The lowest BCUT2D eigenvalue weighted by molar-refractivity contribution is -0.138. The first-order chi connectivity index (χ1) is 15.2. The van der Waals surface area contributed by atoms with E-state index < -0.39 is 17.3 Å². The van der Waals surface area contributed by atoms with Crippen LogP contribution >= 0.6 is 0 Å². The number of urea groups is 1. The van der Waals surface area contributed by atoms with Crippen LogP contribution in [0.3, 0.4) is 0 Å². The van der Waals surface area contributed by atoms with Gasteiger partial charge in [0.25, 0.3) is 5.91 Å². The van der Waals surface area contributed by atoms with Crippen molar-refractivity contribution in [2.24, 2.45) is 0 Å². The van der Waals surface area contributed by atoms with E-state index in [2.05, 4.69) is 0 Å². The highest BCUT2D eigenvalue weighted by Gasteiger charge is 2.56. The van der Waals surface area contributed by atoms with E-state index >= 15 is 0 Å². The molecule has 0 atom stereocenters. The van der Waals surface area contributed by atoms with Crippen LogP contribution in [0, 0.1) is 0 Å². The number of rotatable bonds is 5. The second-order valence-corrected chi connectivity index (χ2v) is 8.50. The summed E-state index contributed by atoms with van der Waals surface area (Å²) in [5, 5.41) is 0. The number of alkyl halides is 3. The zero-order valence-corrected chi connectivity index (χ0v) is 17.9. The molecule has 0 saturated carbocycles. The molecule has 170 valence electrons. The number of halogens is 3. The number of piperidine rings is 1. The number of hydrogen-bond acceptors (Lipinski definition) is 3. The van der Waals surface area contributed by atoms with E-state index in [4.69, 9.17) is 0 Å². The summed E-state index contributed by atoms with van der Waals surface area (Å²) >= 11 is 0. The molecule has 4 rings (SSSR count). The van der Waals surface area contributed by atoms with E-state index in [1.165, 1.54) is 21.9 Å². The van der Waals surface area contributed by atoms with Gasteiger partial charge in [0.05, 0.1) is 5.56 Å². The SMILES string of the molecule is CN1C(=O)N(CCc2ccccc2)C(=O)C12CCN(Cc1ccccc1C(F)(F)F)CC2. The number of carbonyl (C=O) groups is 2. The number of nitrogens with zero attached hydrogens (tertiary/aromatic N) is 3. The van der Waals surface area contributed by atoms with E-state index in [1.54, 1.807) is 13.1 Å². The van der Waals surface area contributed by atoms with Gasteiger partial charge >= 0.3 is 12.2 Å². The Labute approximate surface area is 185 Å². The van der Waals surface area contributed by atoms with Crippen LogP contribution in [0.5, 0.6) is 0 Å². The molecule has 32 heavy (non-hydrogen) atoms. The molecule has 0 bridgehead atoms. The maximum atomic E-state index is 13.3. The normalized spacial score (nSPS) is 19.2. The predicted molar refractivity (Wildman–Crippen MR) is 114 cm³/mol. The predicted octanol–water partition coefficient (Wildman–Crippen LogP) is 4.18. The van der Waals surface area contributed by atoms with Gasteiger partial charge in [-0.25, -0.2) is 4.79 Å². The highest BCUT2D eigenvalue weighted by molar-refractivity contribution is 6.07. The first-order valence-electron chi connectivity index (χ1n) is 10.7. The molecule has 2 saturated heterocycles. The maximum absolute atomic E-state index is 13.3. The number of imide groups is 1. The van der Waals surface area contributed by atoms with Crippen LogP contribution in [0.2, 0.25) is 0 Å². The highest BCUT2D eigenvalue weighted by Crippen LogP contribution is 2.37. The van der Waals surface area contributed by atoms with Crippen molar-refractivity contribution in [3.63, 3.8) is 0 Å². The fourth-order valence-electron chi connectivity index (χ4n) is 4.73. The van der Waals surface area contributed by atoms with Gasteiger partial charge in [0.15, 0.2) is 0 Å². The van der Waals surface area contributed by atoms with Crippen LogP contribution in [0.4, 0.5) is 18.0 Å². The maximum Gasteiger partial charge on any atom is 0.416 e. The summed E-state index contributed by atoms with van der Waals surface area (Å²) in [6, 6.07) is 15.0. The van der Waals surface area contributed by atoms with Crippen LogP contribution in [0.1, 0.15) is 29.5 Å². The Morgan fingerprint density at radius 2 is 1.56 bits per heavy atom. The summed E-state index contributed by atoms with van der Waals surface area (Å²) < 4.78 is 39.9. The summed E-state index contributed by atoms with van der Waals surface area (Å²) in [6.07, 6.45) is -3.00. The van der Waals surface area contributed by atoms with Gasteiger partial charge in [-0.2, -0.15) is 13.2 Å². The van der Waals surface area contributed by atoms with Crippen LogP contribution in [-0.4, -0.2) is 58.9 Å². The number of benzene rings is 2. The number of hydrogen-bond donors (Lipinski definition) is 0. The molecule has 0 aliphatic carbocycles. The van der Waals surface area contributed by atoms with Crippen molar-refractivity contribution in [3.8, 4) is 0 Å². The average Bonchev–Trinajstić information content (AvgIpc) is 2.95. The van der Waals surface area contributed by atoms with Gasteiger partial charge in [0.2, 0.25) is 0 Å². The van der Waals surface area contributed by atoms with Crippen molar-refractivity contribution in [1.29, 1.82) is 0 Å². The van der Waals surface area contributed by atoms with Gasteiger partial charge < -0.3 is 4.90 Å². The number of likely N-dealkylation sites (N-methyl/N-ethyl adjacent to an activating group) is 1. The molecule has 8 heteroatoms. The van der Waals surface area contributed by atoms with Crippen molar-refractivity contribution in [1.82, 2.24) is 14.7 Å². The summed E-state index contributed by atoms with van der Waals surface area (Å²) in [5.74, 6) is -0.198. The largest absolute Gasteiger partial charge is 0.416 e. The Kier molecular flexibility index (Phi) is 5.99. The second kappa shape index (κ2) is 8.58. The highest BCUT2D eigenvalue weighted by atomic mass is 19.4. The molecule has 2 aromatic rings. The number of carbonyl (C=O) groups excluding carboxylic acids is 2. The molecule has 1 spiro atoms.